The van der Waals surface area contributed by atoms with Crippen molar-refractivity contribution < 1.29 is 0 Å². The molecule has 2 N–H and O–H groups in total. The quantitative estimate of drug-likeness (QED) is 0.401. The molecule has 0 heterocycles. The van der Waals surface area contributed by atoms with Gasteiger partial charge in [0.25, 0.3) is 0 Å². The molecule has 1 atom stereocenters. The van der Waals surface area contributed by atoms with Crippen LogP contribution in [0.2, 0.25) is 0 Å². The number of halogens is 2. The number of hydrogen-bond donors (Lipinski definition) is 2. The van der Waals surface area contributed by atoms with E-state index in [2.05, 4.69) is 79.1 Å². The molecule has 2 aromatic rings. The summed E-state index contributed by atoms with van der Waals surface area (Å²) in [5.41, 5.74) is 3.78. The molecule has 2 rings (SSSR count). The molecule has 0 radical (unpaired) electrons. The molecule has 0 saturated heterocycles. The van der Waals surface area contributed by atoms with E-state index in [4.69, 9.17) is 0 Å². The monoisotopic (exact) mass is 396 g/mol. The molecule has 0 aliphatic carbocycles. The Kier molecular flexibility index (Phi) is 14.0. The van der Waals surface area contributed by atoms with Crippen molar-refractivity contribution in [3.63, 3.8) is 0 Å². The van der Waals surface area contributed by atoms with Gasteiger partial charge in [-0.3, -0.25) is 0 Å². The SMILES string of the molecule is CCCCCCC(C)Nc1ccc(NCCc2ccccc2)cc1.Cl.Cl. The minimum Gasteiger partial charge on any atom is -0.385 e. The van der Waals surface area contributed by atoms with Gasteiger partial charge in [0.2, 0.25) is 0 Å². The lowest BCUT2D eigenvalue weighted by atomic mass is 10.1. The minimum atomic E-state index is 0. The molecular formula is C22H34Cl2N2. The van der Waals surface area contributed by atoms with E-state index in [1.807, 2.05) is 0 Å². The van der Waals surface area contributed by atoms with E-state index >= 15 is 0 Å². The fraction of sp³-hybridized carbons (Fsp3) is 0.455. The zero-order valence-electron chi connectivity index (χ0n) is 16.0. The van der Waals surface area contributed by atoms with E-state index in [1.165, 1.54) is 49.0 Å². The van der Waals surface area contributed by atoms with Gasteiger partial charge >= 0.3 is 0 Å². The van der Waals surface area contributed by atoms with E-state index in [1.54, 1.807) is 0 Å². The second-order valence-corrected chi connectivity index (χ2v) is 6.63. The Morgan fingerprint density at radius 3 is 2.12 bits per heavy atom. The molecule has 0 bridgehead atoms. The van der Waals surface area contributed by atoms with Gasteiger partial charge in [0.05, 0.1) is 0 Å². The lowest BCUT2D eigenvalue weighted by Crippen LogP contribution is -2.14. The number of rotatable bonds is 11. The summed E-state index contributed by atoms with van der Waals surface area (Å²) >= 11 is 0. The van der Waals surface area contributed by atoms with Crippen molar-refractivity contribution in [2.24, 2.45) is 0 Å². The summed E-state index contributed by atoms with van der Waals surface area (Å²) < 4.78 is 0. The predicted octanol–water partition coefficient (Wildman–Crippen LogP) is 6.96. The highest BCUT2D eigenvalue weighted by molar-refractivity contribution is 5.85. The van der Waals surface area contributed by atoms with Crippen LogP contribution in [0.1, 0.15) is 51.5 Å². The average molecular weight is 397 g/mol. The summed E-state index contributed by atoms with van der Waals surface area (Å²) in [7, 11) is 0. The van der Waals surface area contributed by atoms with E-state index in [0.717, 1.165) is 13.0 Å². The summed E-state index contributed by atoms with van der Waals surface area (Å²) in [6, 6.07) is 19.8. The first-order valence-corrected chi connectivity index (χ1v) is 9.42. The summed E-state index contributed by atoms with van der Waals surface area (Å²) in [5, 5.41) is 7.09. The van der Waals surface area contributed by atoms with E-state index in [-0.39, 0.29) is 24.8 Å². The molecule has 0 aromatic heterocycles. The van der Waals surface area contributed by atoms with Crippen molar-refractivity contribution in [3.05, 3.63) is 60.2 Å². The van der Waals surface area contributed by atoms with Crippen LogP contribution in [0.25, 0.3) is 0 Å². The normalized spacial score (nSPS) is 11.0. The number of nitrogens with one attached hydrogen (secondary N) is 2. The molecule has 0 saturated carbocycles. The fourth-order valence-corrected chi connectivity index (χ4v) is 2.91. The van der Waals surface area contributed by atoms with Gasteiger partial charge < -0.3 is 10.6 Å². The predicted molar refractivity (Wildman–Crippen MR) is 121 cm³/mol. The van der Waals surface area contributed by atoms with Crippen molar-refractivity contribution in [1.29, 1.82) is 0 Å². The number of hydrogen-bond acceptors (Lipinski definition) is 2. The van der Waals surface area contributed by atoms with Gasteiger partial charge in [-0.2, -0.15) is 0 Å². The van der Waals surface area contributed by atoms with Crippen LogP contribution in [0, 0.1) is 0 Å². The van der Waals surface area contributed by atoms with E-state index in [9.17, 15) is 0 Å². The highest BCUT2D eigenvalue weighted by Gasteiger charge is 2.02. The summed E-state index contributed by atoms with van der Waals surface area (Å²) in [6.07, 6.45) is 7.64. The van der Waals surface area contributed by atoms with Crippen LogP contribution in [0.3, 0.4) is 0 Å². The molecule has 146 valence electrons. The third-order valence-electron chi connectivity index (χ3n) is 4.37. The average Bonchev–Trinajstić information content (AvgIpc) is 2.61. The molecule has 0 fully saturated rings. The van der Waals surface area contributed by atoms with Gasteiger partial charge in [-0.05, 0) is 49.6 Å². The molecule has 0 spiro atoms. The van der Waals surface area contributed by atoms with Crippen molar-refractivity contribution in [3.8, 4) is 0 Å². The van der Waals surface area contributed by atoms with Gasteiger partial charge in [0.15, 0.2) is 0 Å². The molecule has 4 heteroatoms. The van der Waals surface area contributed by atoms with E-state index in [0.29, 0.717) is 6.04 Å². The lowest BCUT2D eigenvalue weighted by molar-refractivity contribution is 0.594. The summed E-state index contributed by atoms with van der Waals surface area (Å²) in [6.45, 7) is 5.50. The second kappa shape index (κ2) is 14.8. The third kappa shape index (κ3) is 9.94. The Balaban J connectivity index is 0.00000312. The number of benzene rings is 2. The first kappa shape index (κ1) is 24.6. The van der Waals surface area contributed by atoms with Crippen LogP contribution >= 0.6 is 24.8 Å². The van der Waals surface area contributed by atoms with Crippen LogP contribution in [-0.2, 0) is 6.42 Å². The summed E-state index contributed by atoms with van der Waals surface area (Å²) in [5.74, 6) is 0. The maximum atomic E-state index is 3.60. The Hall–Kier alpha value is -1.38. The molecule has 0 aliphatic heterocycles. The largest absolute Gasteiger partial charge is 0.385 e. The molecule has 2 aromatic carbocycles. The van der Waals surface area contributed by atoms with E-state index < -0.39 is 0 Å². The highest BCUT2D eigenvalue weighted by atomic mass is 35.5. The molecular weight excluding hydrogens is 363 g/mol. The standard InChI is InChI=1S/C22H32N2.2ClH/c1-3-4-5-7-10-19(2)24-22-15-13-21(14-16-22)23-18-17-20-11-8-6-9-12-20;;/h6,8-9,11-16,19,23-24H,3-5,7,10,17-18H2,1-2H3;2*1H. The number of anilines is 2. The molecule has 1 unspecified atom stereocenters. The Bertz CT molecular complexity index is 558. The first-order valence-electron chi connectivity index (χ1n) is 9.42. The van der Waals surface area contributed by atoms with Gasteiger partial charge in [-0.25, -0.2) is 0 Å². The molecule has 2 nitrogen and oxygen atoms in total. The second-order valence-electron chi connectivity index (χ2n) is 6.63. The zero-order chi connectivity index (χ0) is 17.0. The zero-order valence-corrected chi connectivity index (χ0v) is 17.7. The van der Waals surface area contributed by atoms with Crippen LogP contribution < -0.4 is 10.6 Å². The fourth-order valence-electron chi connectivity index (χ4n) is 2.91. The van der Waals surface area contributed by atoms with Gasteiger partial charge in [-0.1, -0.05) is 62.9 Å². The topological polar surface area (TPSA) is 24.1 Å². The van der Waals surface area contributed by atoms with Crippen molar-refractivity contribution >= 4 is 36.2 Å². The van der Waals surface area contributed by atoms with Crippen LogP contribution in [0.5, 0.6) is 0 Å². The Morgan fingerprint density at radius 1 is 0.808 bits per heavy atom. The van der Waals surface area contributed by atoms with Crippen molar-refractivity contribution in [1.82, 2.24) is 0 Å². The lowest BCUT2D eigenvalue weighted by Gasteiger charge is -2.15. The first-order chi connectivity index (χ1) is 11.8. The van der Waals surface area contributed by atoms with Gasteiger partial charge in [0.1, 0.15) is 0 Å². The van der Waals surface area contributed by atoms with Crippen LogP contribution in [0.15, 0.2) is 54.6 Å². The Labute approximate surface area is 172 Å². The maximum absolute atomic E-state index is 3.60. The van der Waals surface area contributed by atoms with Crippen molar-refractivity contribution in [2.75, 3.05) is 17.2 Å². The Morgan fingerprint density at radius 2 is 1.46 bits per heavy atom. The molecule has 0 amide bonds. The van der Waals surface area contributed by atoms with Crippen LogP contribution in [0.4, 0.5) is 11.4 Å². The highest BCUT2D eigenvalue weighted by Crippen LogP contribution is 2.16. The van der Waals surface area contributed by atoms with Gasteiger partial charge in [0, 0.05) is 24.0 Å². The van der Waals surface area contributed by atoms with Crippen LogP contribution in [-0.4, -0.2) is 12.6 Å². The smallest absolute Gasteiger partial charge is 0.0343 e. The molecule has 0 aliphatic rings. The summed E-state index contributed by atoms with van der Waals surface area (Å²) in [4.78, 5) is 0. The number of unbranched alkanes of at least 4 members (excludes halogenated alkanes) is 3. The van der Waals surface area contributed by atoms with Gasteiger partial charge in [-0.15, -0.1) is 24.8 Å². The third-order valence-corrected chi connectivity index (χ3v) is 4.37. The minimum absolute atomic E-state index is 0. The maximum Gasteiger partial charge on any atom is 0.0343 e. The molecule has 26 heavy (non-hydrogen) atoms. The van der Waals surface area contributed by atoms with Crippen molar-refractivity contribution in [2.45, 2.75) is 58.4 Å².